The first-order valence-electron chi connectivity index (χ1n) is 7.86. The molecule has 0 atom stereocenters. The summed E-state index contributed by atoms with van der Waals surface area (Å²) in [6.07, 6.45) is 2.70. The molecule has 0 unspecified atom stereocenters. The van der Waals surface area contributed by atoms with E-state index in [-0.39, 0.29) is 11.7 Å². The van der Waals surface area contributed by atoms with Crippen molar-refractivity contribution in [2.75, 3.05) is 18.4 Å². The quantitative estimate of drug-likeness (QED) is 0.317. The molecule has 1 aromatic heterocycles. The number of thiazole rings is 1. The molecular formula is C17H23N5OS. The predicted molar refractivity (Wildman–Crippen MR) is 98.8 cm³/mol. The van der Waals surface area contributed by atoms with Gasteiger partial charge in [0.15, 0.2) is 5.13 Å². The molecule has 2 aromatic rings. The SMILES string of the molecule is CC(=O)Nc1nc(CCc2ccc(CCNCC(=N)N)cc2)cs1. The van der Waals surface area contributed by atoms with Crippen LogP contribution in [-0.4, -0.2) is 29.8 Å². The zero-order valence-electron chi connectivity index (χ0n) is 13.8. The fourth-order valence-corrected chi connectivity index (χ4v) is 3.02. The van der Waals surface area contributed by atoms with E-state index < -0.39 is 0 Å². The molecule has 128 valence electrons. The van der Waals surface area contributed by atoms with Crippen LogP contribution in [0.5, 0.6) is 0 Å². The van der Waals surface area contributed by atoms with Crippen LogP contribution in [0.4, 0.5) is 5.13 Å². The number of carbonyl (C=O) groups is 1. The van der Waals surface area contributed by atoms with E-state index in [1.807, 2.05) is 5.38 Å². The molecule has 1 amide bonds. The number of nitrogens with two attached hydrogens (primary N) is 1. The number of benzene rings is 1. The normalized spacial score (nSPS) is 10.5. The Balaban J connectivity index is 1.76. The first-order chi connectivity index (χ1) is 11.5. The van der Waals surface area contributed by atoms with Crippen molar-refractivity contribution in [1.82, 2.24) is 10.3 Å². The topological polar surface area (TPSA) is 104 Å². The number of aryl methyl sites for hydroxylation is 2. The standard InChI is InChI=1S/C17H23N5OS/c1-12(23)21-17-22-15(11-24-17)7-6-13-2-4-14(5-3-13)8-9-20-10-16(18)19/h2-5,11,20H,6-10H2,1H3,(H3,18,19)(H,21,22,23). The molecule has 5 N–H and O–H groups in total. The fraction of sp³-hybridized carbons (Fsp3) is 0.353. The molecule has 0 radical (unpaired) electrons. The van der Waals surface area contributed by atoms with Crippen LogP contribution in [0.3, 0.4) is 0 Å². The highest BCUT2D eigenvalue weighted by molar-refractivity contribution is 7.13. The van der Waals surface area contributed by atoms with E-state index in [4.69, 9.17) is 11.1 Å². The maximum atomic E-state index is 11.0. The van der Waals surface area contributed by atoms with Crippen LogP contribution in [0.2, 0.25) is 0 Å². The minimum absolute atomic E-state index is 0.0933. The smallest absolute Gasteiger partial charge is 0.223 e. The molecular weight excluding hydrogens is 322 g/mol. The summed E-state index contributed by atoms with van der Waals surface area (Å²) in [5.74, 6) is 0.0679. The molecule has 0 spiro atoms. The number of amidine groups is 1. The summed E-state index contributed by atoms with van der Waals surface area (Å²) in [5.41, 5.74) is 8.82. The second kappa shape index (κ2) is 9.14. The van der Waals surface area contributed by atoms with Crippen molar-refractivity contribution in [1.29, 1.82) is 5.41 Å². The van der Waals surface area contributed by atoms with Crippen molar-refractivity contribution in [3.8, 4) is 0 Å². The number of hydrogen-bond acceptors (Lipinski definition) is 5. The van der Waals surface area contributed by atoms with Crippen LogP contribution in [0.25, 0.3) is 0 Å². The first kappa shape index (κ1) is 18.1. The highest BCUT2D eigenvalue weighted by Crippen LogP contribution is 2.17. The van der Waals surface area contributed by atoms with Gasteiger partial charge in [0.05, 0.1) is 12.2 Å². The minimum atomic E-state index is -0.0933. The maximum Gasteiger partial charge on any atom is 0.223 e. The predicted octanol–water partition coefficient (Wildman–Crippen LogP) is 1.95. The van der Waals surface area contributed by atoms with Crippen molar-refractivity contribution in [3.63, 3.8) is 0 Å². The molecule has 0 aliphatic carbocycles. The van der Waals surface area contributed by atoms with Gasteiger partial charge in [0, 0.05) is 12.3 Å². The van der Waals surface area contributed by atoms with E-state index in [0.29, 0.717) is 11.7 Å². The van der Waals surface area contributed by atoms with Crippen LogP contribution >= 0.6 is 11.3 Å². The van der Waals surface area contributed by atoms with E-state index >= 15 is 0 Å². The highest BCUT2D eigenvalue weighted by Gasteiger charge is 2.04. The monoisotopic (exact) mass is 345 g/mol. The molecule has 1 aromatic carbocycles. The van der Waals surface area contributed by atoms with E-state index in [0.717, 1.165) is 31.5 Å². The molecule has 0 fully saturated rings. The summed E-state index contributed by atoms with van der Waals surface area (Å²) < 4.78 is 0. The maximum absolute atomic E-state index is 11.0. The van der Waals surface area contributed by atoms with E-state index in [9.17, 15) is 4.79 Å². The first-order valence-corrected chi connectivity index (χ1v) is 8.74. The van der Waals surface area contributed by atoms with E-state index in [1.54, 1.807) is 0 Å². The van der Waals surface area contributed by atoms with Crippen LogP contribution in [0, 0.1) is 5.41 Å². The van der Waals surface area contributed by atoms with Gasteiger partial charge in [-0.3, -0.25) is 10.2 Å². The van der Waals surface area contributed by atoms with Gasteiger partial charge in [-0.05, 0) is 36.9 Å². The average Bonchev–Trinajstić information content (AvgIpc) is 2.97. The summed E-state index contributed by atoms with van der Waals surface area (Å²) >= 11 is 1.45. The number of aromatic nitrogens is 1. The van der Waals surface area contributed by atoms with Gasteiger partial charge in [-0.15, -0.1) is 11.3 Å². The molecule has 0 saturated heterocycles. The molecule has 24 heavy (non-hydrogen) atoms. The van der Waals surface area contributed by atoms with Crippen LogP contribution in [0.1, 0.15) is 23.7 Å². The number of carbonyl (C=O) groups excluding carboxylic acids is 1. The van der Waals surface area contributed by atoms with Crippen LogP contribution in [0.15, 0.2) is 29.6 Å². The number of nitrogens with one attached hydrogen (secondary N) is 3. The molecule has 0 saturated carbocycles. The third kappa shape index (κ3) is 6.47. The summed E-state index contributed by atoms with van der Waals surface area (Å²) in [6, 6.07) is 8.55. The number of rotatable bonds is 9. The summed E-state index contributed by atoms with van der Waals surface area (Å²) in [4.78, 5) is 15.4. The Kier molecular flexibility index (Phi) is 6.89. The third-order valence-corrected chi connectivity index (χ3v) is 4.24. The average molecular weight is 345 g/mol. The Morgan fingerprint density at radius 1 is 1.21 bits per heavy atom. The van der Waals surface area contributed by atoms with Gasteiger partial charge in [-0.2, -0.15) is 0 Å². The molecule has 6 nitrogen and oxygen atoms in total. The zero-order chi connectivity index (χ0) is 17.4. The van der Waals surface area contributed by atoms with Gasteiger partial charge in [0.25, 0.3) is 0 Å². The molecule has 0 bridgehead atoms. The Labute approximate surface area is 146 Å². The van der Waals surface area contributed by atoms with Gasteiger partial charge < -0.3 is 16.4 Å². The van der Waals surface area contributed by atoms with Crippen molar-refractivity contribution in [2.24, 2.45) is 5.73 Å². The van der Waals surface area contributed by atoms with Crippen molar-refractivity contribution in [3.05, 3.63) is 46.5 Å². The van der Waals surface area contributed by atoms with Gasteiger partial charge in [-0.25, -0.2) is 4.98 Å². The lowest BCUT2D eigenvalue weighted by atomic mass is 10.0. The Morgan fingerprint density at radius 3 is 2.50 bits per heavy atom. The number of hydrogen-bond donors (Lipinski definition) is 4. The van der Waals surface area contributed by atoms with Gasteiger partial charge >= 0.3 is 0 Å². The lowest BCUT2D eigenvalue weighted by Crippen LogP contribution is -2.29. The van der Waals surface area contributed by atoms with Crippen molar-refractivity contribution < 1.29 is 4.79 Å². The largest absolute Gasteiger partial charge is 0.387 e. The summed E-state index contributed by atoms with van der Waals surface area (Å²) in [6.45, 7) is 2.73. The Morgan fingerprint density at radius 2 is 1.88 bits per heavy atom. The molecule has 0 aliphatic rings. The number of amides is 1. The summed E-state index contributed by atoms with van der Waals surface area (Å²) in [5, 5.41) is 15.6. The summed E-state index contributed by atoms with van der Waals surface area (Å²) in [7, 11) is 0. The van der Waals surface area contributed by atoms with Crippen molar-refractivity contribution >= 4 is 28.2 Å². The van der Waals surface area contributed by atoms with Gasteiger partial charge in [-0.1, -0.05) is 24.3 Å². The fourth-order valence-electron chi connectivity index (χ4n) is 2.23. The number of nitrogens with zero attached hydrogens (tertiary/aromatic N) is 1. The zero-order valence-corrected chi connectivity index (χ0v) is 14.6. The second-order valence-corrected chi connectivity index (χ2v) is 6.45. The van der Waals surface area contributed by atoms with E-state index in [2.05, 4.69) is 39.9 Å². The third-order valence-electron chi connectivity index (χ3n) is 3.43. The van der Waals surface area contributed by atoms with Gasteiger partial charge in [0.1, 0.15) is 5.84 Å². The Hall–Kier alpha value is -2.25. The van der Waals surface area contributed by atoms with Crippen LogP contribution in [-0.2, 0) is 24.1 Å². The molecule has 2 rings (SSSR count). The molecule has 7 heteroatoms. The Bertz CT molecular complexity index is 681. The van der Waals surface area contributed by atoms with Gasteiger partial charge in [0.2, 0.25) is 5.91 Å². The molecule has 1 heterocycles. The second-order valence-electron chi connectivity index (χ2n) is 5.59. The van der Waals surface area contributed by atoms with Crippen molar-refractivity contribution in [2.45, 2.75) is 26.2 Å². The number of anilines is 1. The molecule has 0 aliphatic heterocycles. The lowest BCUT2D eigenvalue weighted by Gasteiger charge is -2.05. The highest BCUT2D eigenvalue weighted by atomic mass is 32.1. The minimum Gasteiger partial charge on any atom is -0.387 e. The lowest BCUT2D eigenvalue weighted by molar-refractivity contribution is -0.114. The van der Waals surface area contributed by atoms with Crippen LogP contribution < -0.4 is 16.4 Å². The van der Waals surface area contributed by atoms with E-state index in [1.165, 1.54) is 29.4 Å².